The lowest BCUT2D eigenvalue weighted by molar-refractivity contribution is -0.134. The SMILES string of the molecule is O=C1N[C@@]2(CCOc3ccccc32)C(=O)N1CN1CCN(S(=O)(=O)c2cccc(F)c2)CC1. The largest absolute Gasteiger partial charge is 0.493 e. The van der Waals surface area contributed by atoms with Crippen LogP contribution in [0.2, 0.25) is 0 Å². The Bertz CT molecular complexity index is 1210. The summed E-state index contributed by atoms with van der Waals surface area (Å²) in [5.41, 5.74) is -0.503. The van der Waals surface area contributed by atoms with Gasteiger partial charge >= 0.3 is 6.03 Å². The topological polar surface area (TPSA) is 99.3 Å². The summed E-state index contributed by atoms with van der Waals surface area (Å²) in [6, 6.07) is 11.6. The fraction of sp³-hybridized carbons (Fsp3) is 0.364. The Hall–Kier alpha value is -3.02. The number of rotatable bonds is 4. The highest BCUT2D eigenvalue weighted by Gasteiger charge is 2.55. The number of amides is 3. The number of halogens is 1. The average Bonchev–Trinajstić information content (AvgIpc) is 3.04. The van der Waals surface area contributed by atoms with Gasteiger partial charge in [0.15, 0.2) is 5.54 Å². The summed E-state index contributed by atoms with van der Waals surface area (Å²) < 4.78 is 46.1. The zero-order valence-corrected chi connectivity index (χ0v) is 18.6. The molecular weight excluding hydrogens is 451 g/mol. The first-order chi connectivity index (χ1) is 15.8. The van der Waals surface area contributed by atoms with Crippen LogP contribution in [-0.2, 0) is 20.4 Å². The summed E-state index contributed by atoms with van der Waals surface area (Å²) in [7, 11) is -3.82. The van der Waals surface area contributed by atoms with Crippen molar-refractivity contribution in [3.05, 3.63) is 59.9 Å². The quantitative estimate of drug-likeness (QED) is 0.671. The van der Waals surface area contributed by atoms with Crippen LogP contribution in [0.15, 0.2) is 53.4 Å². The van der Waals surface area contributed by atoms with E-state index in [1.54, 1.807) is 18.2 Å². The molecule has 3 heterocycles. The van der Waals surface area contributed by atoms with Crippen LogP contribution in [0.25, 0.3) is 0 Å². The van der Waals surface area contributed by atoms with Crippen molar-refractivity contribution < 1.29 is 27.1 Å². The van der Waals surface area contributed by atoms with Gasteiger partial charge < -0.3 is 10.1 Å². The number of piperazine rings is 1. The predicted octanol–water partition coefficient (Wildman–Crippen LogP) is 1.32. The molecular formula is C22H23FN4O5S. The number of carbonyl (C=O) groups excluding carboxylic acids is 2. The van der Waals surface area contributed by atoms with Crippen LogP contribution in [0.5, 0.6) is 5.75 Å². The summed E-state index contributed by atoms with van der Waals surface area (Å²) in [5, 5.41) is 2.86. The van der Waals surface area contributed by atoms with E-state index in [0.717, 1.165) is 6.07 Å². The number of ether oxygens (including phenoxy) is 1. The molecule has 2 aromatic carbocycles. The van der Waals surface area contributed by atoms with E-state index in [4.69, 9.17) is 4.74 Å². The second-order valence-electron chi connectivity index (χ2n) is 8.28. The number of sulfonamides is 1. The van der Waals surface area contributed by atoms with Crippen LogP contribution in [0.3, 0.4) is 0 Å². The lowest BCUT2D eigenvalue weighted by atomic mass is 9.84. The van der Waals surface area contributed by atoms with Gasteiger partial charge in [-0.2, -0.15) is 4.31 Å². The van der Waals surface area contributed by atoms with Gasteiger partial charge in [0.05, 0.1) is 18.2 Å². The van der Waals surface area contributed by atoms with E-state index >= 15 is 0 Å². The number of nitrogens with zero attached hydrogens (tertiary/aromatic N) is 3. The number of imide groups is 1. The molecule has 0 bridgehead atoms. The molecule has 2 fully saturated rings. The highest BCUT2D eigenvalue weighted by molar-refractivity contribution is 7.89. The molecule has 1 atom stereocenters. The molecule has 0 aliphatic carbocycles. The van der Waals surface area contributed by atoms with E-state index in [-0.39, 0.29) is 30.6 Å². The van der Waals surface area contributed by atoms with Crippen LogP contribution < -0.4 is 10.1 Å². The van der Waals surface area contributed by atoms with Gasteiger partial charge in [-0.3, -0.25) is 9.69 Å². The van der Waals surface area contributed by atoms with E-state index in [9.17, 15) is 22.4 Å². The molecule has 5 rings (SSSR count). The van der Waals surface area contributed by atoms with E-state index in [0.29, 0.717) is 37.4 Å². The zero-order valence-electron chi connectivity index (χ0n) is 17.7. The summed E-state index contributed by atoms with van der Waals surface area (Å²) in [6.07, 6.45) is 0.338. The fourth-order valence-corrected chi connectivity index (χ4v) is 6.04. The van der Waals surface area contributed by atoms with Gasteiger partial charge in [0.25, 0.3) is 5.91 Å². The summed E-state index contributed by atoms with van der Waals surface area (Å²) >= 11 is 0. The number of hydrogen-bond donors (Lipinski definition) is 1. The first-order valence-electron chi connectivity index (χ1n) is 10.7. The third-order valence-corrected chi connectivity index (χ3v) is 8.26. The minimum Gasteiger partial charge on any atom is -0.493 e. The predicted molar refractivity (Wildman–Crippen MR) is 115 cm³/mol. The zero-order chi connectivity index (χ0) is 23.2. The van der Waals surface area contributed by atoms with Crippen LogP contribution in [0, 0.1) is 5.82 Å². The molecule has 3 aliphatic heterocycles. The highest BCUT2D eigenvalue weighted by Crippen LogP contribution is 2.41. The van der Waals surface area contributed by atoms with Gasteiger partial charge in [0.2, 0.25) is 10.0 Å². The third-order valence-electron chi connectivity index (χ3n) is 6.36. The van der Waals surface area contributed by atoms with Gasteiger partial charge in [-0.05, 0) is 24.3 Å². The van der Waals surface area contributed by atoms with Gasteiger partial charge in [0.1, 0.15) is 11.6 Å². The van der Waals surface area contributed by atoms with Crippen LogP contribution in [0.4, 0.5) is 9.18 Å². The molecule has 3 amide bonds. The number of carbonyl (C=O) groups is 2. The van der Waals surface area contributed by atoms with Crippen molar-refractivity contribution in [1.82, 2.24) is 19.4 Å². The van der Waals surface area contributed by atoms with Gasteiger partial charge in [-0.15, -0.1) is 0 Å². The molecule has 2 saturated heterocycles. The summed E-state index contributed by atoms with van der Waals surface area (Å²) in [6.45, 7) is 1.38. The first kappa shape index (κ1) is 21.8. The van der Waals surface area contributed by atoms with Crippen molar-refractivity contribution in [3.8, 4) is 5.75 Å². The fourth-order valence-electron chi connectivity index (χ4n) is 4.59. The van der Waals surface area contributed by atoms with E-state index < -0.39 is 27.4 Å². The van der Waals surface area contributed by atoms with Crippen molar-refractivity contribution in [1.29, 1.82) is 0 Å². The van der Waals surface area contributed by atoms with Crippen LogP contribution in [0.1, 0.15) is 12.0 Å². The molecule has 1 spiro atoms. The van der Waals surface area contributed by atoms with Crippen molar-refractivity contribution in [2.24, 2.45) is 0 Å². The minimum absolute atomic E-state index is 0.0588. The van der Waals surface area contributed by atoms with Crippen LogP contribution >= 0.6 is 0 Å². The lowest BCUT2D eigenvalue weighted by Gasteiger charge is -2.36. The molecule has 0 unspecified atom stereocenters. The number of nitrogens with one attached hydrogen (secondary N) is 1. The van der Waals surface area contributed by atoms with Crippen LogP contribution in [-0.4, -0.2) is 73.9 Å². The van der Waals surface area contributed by atoms with Crippen molar-refractivity contribution >= 4 is 22.0 Å². The second-order valence-corrected chi connectivity index (χ2v) is 10.2. The van der Waals surface area contributed by atoms with E-state index in [2.05, 4.69) is 5.32 Å². The van der Waals surface area contributed by atoms with Crippen molar-refractivity contribution in [2.75, 3.05) is 39.5 Å². The molecule has 9 nitrogen and oxygen atoms in total. The Labute approximate surface area is 190 Å². The Balaban J connectivity index is 1.27. The maximum Gasteiger partial charge on any atom is 0.326 e. The molecule has 2 aromatic rings. The second kappa shape index (κ2) is 8.08. The Kier molecular flexibility index (Phi) is 5.34. The molecule has 1 N–H and O–H groups in total. The first-order valence-corrected chi connectivity index (χ1v) is 12.1. The summed E-state index contributed by atoms with van der Waals surface area (Å²) in [4.78, 5) is 29.1. The smallest absolute Gasteiger partial charge is 0.326 e. The minimum atomic E-state index is -3.82. The molecule has 0 aromatic heterocycles. The normalized spacial score (nSPS) is 24.0. The maximum atomic E-state index is 13.5. The van der Waals surface area contributed by atoms with Crippen molar-refractivity contribution in [2.45, 2.75) is 16.9 Å². The summed E-state index contributed by atoms with van der Waals surface area (Å²) in [5.74, 6) is -0.370. The van der Waals surface area contributed by atoms with E-state index in [1.807, 2.05) is 11.0 Å². The van der Waals surface area contributed by atoms with Crippen molar-refractivity contribution in [3.63, 3.8) is 0 Å². The molecule has 0 radical (unpaired) electrons. The average molecular weight is 475 g/mol. The number of hydrogen-bond acceptors (Lipinski definition) is 6. The van der Waals surface area contributed by atoms with Gasteiger partial charge in [0, 0.05) is 38.2 Å². The monoisotopic (exact) mass is 474 g/mol. The maximum absolute atomic E-state index is 13.5. The Morgan fingerprint density at radius 1 is 1.03 bits per heavy atom. The van der Waals surface area contributed by atoms with E-state index in [1.165, 1.54) is 27.4 Å². The highest BCUT2D eigenvalue weighted by atomic mass is 32.2. The molecule has 174 valence electrons. The molecule has 0 saturated carbocycles. The molecule has 11 heteroatoms. The standard InChI is InChI=1S/C22H23FN4O5S/c23-16-4-3-5-17(14-16)33(30,31)26-11-9-25(10-12-26)15-27-20(28)22(24-21(27)29)8-13-32-19-7-2-1-6-18(19)22/h1-7,14H,8-13,15H2,(H,24,29)/t22-/m1/s1. The number of para-hydroxylation sites is 1. The number of urea groups is 1. The molecule has 3 aliphatic rings. The number of benzene rings is 2. The van der Waals surface area contributed by atoms with Gasteiger partial charge in [-0.1, -0.05) is 24.3 Å². The third kappa shape index (κ3) is 3.65. The molecule has 33 heavy (non-hydrogen) atoms. The lowest BCUT2D eigenvalue weighted by Crippen LogP contribution is -2.53. The Morgan fingerprint density at radius 3 is 2.55 bits per heavy atom. The number of fused-ring (bicyclic) bond motifs is 2. The Morgan fingerprint density at radius 2 is 1.79 bits per heavy atom. The van der Waals surface area contributed by atoms with Gasteiger partial charge in [-0.25, -0.2) is 22.5 Å².